The number of carbonyl (C=O) groups excluding carboxylic acids is 2. The predicted octanol–water partition coefficient (Wildman–Crippen LogP) is 3.98. The molecule has 0 radical (unpaired) electrons. The molecule has 4 N–H and O–H groups in total. The maximum atomic E-state index is 13.1. The van der Waals surface area contributed by atoms with Crippen LogP contribution in [0.4, 0.5) is 0 Å². The van der Waals surface area contributed by atoms with Crippen molar-refractivity contribution in [2.24, 2.45) is 28.6 Å². The number of carbonyl (C=O) groups is 2. The van der Waals surface area contributed by atoms with Gasteiger partial charge in [-0.3, -0.25) is 9.59 Å². The Bertz CT molecular complexity index is 1050. The second-order valence-electron chi connectivity index (χ2n) is 13.4. The number of aliphatic hydroxyl groups excluding tert-OH is 3. The molecule has 226 valence electrons. The summed E-state index contributed by atoms with van der Waals surface area (Å²) in [4.78, 5) is 25.9. The van der Waals surface area contributed by atoms with E-state index in [0.717, 1.165) is 32.1 Å². The van der Waals surface area contributed by atoms with Crippen LogP contribution >= 0.6 is 0 Å². The van der Waals surface area contributed by atoms with Gasteiger partial charge in [0.05, 0.1) is 18.1 Å². The van der Waals surface area contributed by atoms with Crippen molar-refractivity contribution >= 4 is 11.9 Å². The Balaban J connectivity index is 1.78. The van der Waals surface area contributed by atoms with Crippen molar-refractivity contribution in [3.8, 4) is 0 Å². The number of ether oxygens (including phenoxy) is 2. The van der Waals surface area contributed by atoms with Gasteiger partial charge in [-0.05, 0) is 43.3 Å². The molecule has 0 heterocycles. The highest BCUT2D eigenvalue weighted by atomic mass is 16.6. The van der Waals surface area contributed by atoms with Crippen LogP contribution in [-0.4, -0.2) is 68.5 Å². The predicted molar refractivity (Wildman–Crippen MR) is 150 cm³/mol. The summed E-state index contributed by atoms with van der Waals surface area (Å²) in [6, 6.07) is 0. The van der Waals surface area contributed by atoms with Gasteiger partial charge < -0.3 is 29.9 Å². The quantitative estimate of drug-likeness (QED) is 0.169. The van der Waals surface area contributed by atoms with Gasteiger partial charge in [-0.2, -0.15) is 0 Å². The lowest BCUT2D eigenvalue weighted by molar-refractivity contribution is -0.225. The van der Waals surface area contributed by atoms with Crippen molar-refractivity contribution in [2.75, 3.05) is 6.61 Å². The van der Waals surface area contributed by atoms with E-state index in [1.54, 1.807) is 19.1 Å². The van der Waals surface area contributed by atoms with Gasteiger partial charge in [0.1, 0.15) is 17.3 Å². The van der Waals surface area contributed by atoms with Gasteiger partial charge in [0, 0.05) is 30.1 Å². The molecule has 2 bridgehead atoms. The lowest BCUT2D eigenvalue weighted by Crippen LogP contribution is -2.67. The average molecular weight is 563 g/mol. The van der Waals surface area contributed by atoms with Crippen molar-refractivity contribution in [3.63, 3.8) is 0 Å². The number of hydrogen-bond donors (Lipinski definition) is 4. The number of unbranched alkanes of at least 4 members (excludes halogenated alkanes) is 4. The first-order valence-electron chi connectivity index (χ1n) is 15.3. The van der Waals surface area contributed by atoms with Gasteiger partial charge in [0.2, 0.25) is 0 Å². The van der Waals surface area contributed by atoms with Crippen LogP contribution in [0.25, 0.3) is 0 Å². The Hall–Kier alpha value is -1.74. The Morgan fingerprint density at radius 1 is 1.02 bits per heavy atom. The zero-order valence-corrected chi connectivity index (χ0v) is 25.1. The van der Waals surface area contributed by atoms with E-state index in [0.29, 0.717) is 24.8 Å². The molecule has 8 heteroatoms. The molecule has 40 heavy (non-hydrogen) atoms. The van der Waals surface area contributed by atoms with E-state index < -0.39 is 64.8 Å². The average Bonchev–Trinajstić information content (AvgIpc) is 3.29. The molecule has 8 nitrogen and oxygen atoms in total. The number of esters is 2. The maximum Gasteiger partial charge on any atom is 0.306 e. The largest absolute Gasteiger partial charge is 0.458 e. The zero-order chi connectivity index (χ0) is 29.7. The lowest BCUT2D eigenvalue weighted by Gasteiger charge is -2.52. The van der Waals surface area contributed by atoms with Crippen molar-refractivity contribution in [2.45, 2.75) is 129 Å². The first-order valence-corrected chi connectivity index (χ1v) is 15.3. The monoisotopic (exact) mass is 562 g/mol. The Morgan fingerprint density at radius 3 is 2.20 bits per heavy atom. The highest BCUT2D eigenvalue weighted by Gasteiger charge is 2.83. The summed E-state index contributed by atoms with van der Waals surface area (Å²) in [5.74, 6) is -2.11. The molecule has 1 spiro atoms. The fraction of sp³-hybridized carbons (Fsp3) is 0.812. The molecule has 4 aliphatic carbocycles. The standard InChI is InChI=1S/C32H50O8/c1-7-9-11-13-23(34)39-28-19(3)16-30-20(4)17-31(40-24(35)14-12-10-8-2)25(29(31,5)6)22(27(30)37)15-21(18-33)26(36)32(28,30)38/h15-16,20,22,25-28,33,36-38H,7-14,17-18H2,1-6H3/t20-,22+,25-,26-,27?,28+,30+,31+,32+/m1/s1. The van der Waals surface area contributed by atoms with Crippen LogP contribution in [0.15, 0.2) is 23.3 Å². The van der Waals surface area contributed by atoms with Crippen LogP contribution in [0.2, 0.25) is 0 Å². The lowest BCUT2D eigenvalue weighted by atomic mass is 9.58. The van der Waals surface area contributed by atoms with Gasteiger partial charge in [0.25, 0.3) is 0 Å². The van der Waals surface area contributed by atoms with Crippen LogP contribution in [0.3, 0.4) is 0 Å². The van der Waals surface area contributed by atoms with Crippen LogP contribution in [0, 0.1) is 28.6 Å². The fourth-order valence-electron chi connectivity index (χ4n) is 8.68. The Kier molecular flexibility index (Phi) is 8.70. The molecular formula is C32H50O8. The number of rotatable bonds is 11. The van der Waals surface area contributed by atoms with Crippen molar-refractivity contribution in [1.29, 1.82) is 0 Å². The minimum Gasteiger partial charge on any atom is -0.458 e. The fourth-order valence-corrected chi connectivity index (χ4v) is 8.68. The summed E-state index contributed by atoms with van der Waals surface area (Å²) < 4.78 is 12.2. The summed E-state index contributed by atoms with van der Waals surface area (Å²) in [6.07, 6.45) is 5.53. The van der Waals surface area contributed by atoms with Crippen LogP contribution in [0.1, 0.15) is 99.3 Å². The molecule has 0 aliphatic heterocycles. The van der Waals surface area contributed by atoms with Crippen molar-refractivity contribution in [3.05, 3.63) is 23.3 Å². The molecule has 4 aliphatic rings. The first-order chi connectivity index (χ1) is 18.8. The minimum atomic E-state index is -2.12. The van der Waals surface area contributed by atoms with E-state index in [1.165, 1.54) is 0 Å². The molecule has 1 unspecified atom stereocenters. The van der Waals surface area contributed by atoms with Gasteiger partial charge in [-0.1, -0.05) is 72.5 Å². The molecule has 4 rings (SSSR count). The number of aliphatic hydroxyl groups is 4. The summed E-state index contributed by atoms with van der Waals surface area (Å²) in [6.45, 7) is 11.3. The number of hydrogen-bond acceptors (Lipinski definition) is 8. The van der Waals surface area contributed by atoms with Crippen molar-refractivity contribution < 1.29 is 39.5 Å². The summed E-state index contributed by atoms with van der Waals surface area (Å²) >= 11 is 0. The topological polar surface area (TPSA) is 134 Å². The second kappa shape index (κ2) is 11.2. The molecule has 0 aromatic heterocycles. The highest BCUT2D eigenvalue weighted by molar-refractivity contribution is 5.71. The third kappa shape index (κ3) is 4.40. The van der Waals surface area contributed by atoms with Crippen LogP contribution in [0.5, 0.6) is 0 Å². The van der Waals surface area contributed by atoms with E-state index in [2.05, 4.69) is 6.92 Å². The SMILES string of the molecule is CCCCCC(=O)O[C@H]1C(C)=C[C@]23C(O)[C@@H](C=C(CO)[C@@H](O)[C@]12O)[C@@H]1C(C)(C)[C@]1(OC(=O)CCCCC)C[C@H]3C. The van der Waals surface area contributed by atoms with Gasteiger partial charge in [-0.25, -0.2) is 0 Å². The van der Waals surface area contributed by atoms with E-state index in [1.807, 2.05) is 27.7 Å². The highest BCUT2D eigenvalue weighted by Crippen LogP contribution is 2.76. The molecule has 2 saturated carbocycles. The molecule has 9 atom stereocenters. The molecule has 0 aromatic rings. The summed E-state index contributed by atoms with van der Waals surface area (Å²) in [5.41, 5.74) is -4.15. The van der Waals surface area contributed by atoms with E-state index in [9.17, 15) is 30.0 Å². The summed E-state index contributed by atoms with van der Waals surface area (Å²) in [5, 5.41) is 47.0. The first kappa shape index (κ1) is 31.2. The van der Waals surface area contributed by atoms with E-state index >= 15 is 0 Å². The summed E-state index contributed by atoms with van der Waals surface area (Å²) in [7, 11) is 0. The van der Waals surface area contributed by atoms with Gasteiger partial charge in [-0.15, -0.1) is 0 Å². The Morgan fingerprint density at radius 2 is 1.62 bits per heavy atom. The van der Waals surface area contributed by atoms with Crippen LogP contribution < -0.4 is 0 Å². The second-order valence-corrected chi connectivity index (χ2v) is 13.4. The van der Waals surface area contributed by atoms with Crippen molar-refractivity contribution in [1.82, 2.24) is 0 Å². The molecule has 0 saturated heterocycles. The van der Waals surface area contributed by atoms with Gasteiger partial charge in [0.15, 0.2) is 6.10 Å². The number of fused-ring (bicyclic) bond motifs is 3. The van der Waals surface area contributed by atoms with Gasteiger partial charge >= 0.3 is 11.9 Å². The van der Waals surface area contributed by atoms with E-state index in [-0.39, 0.29) is 23.9 Å². The van der Waals surface area contributed by atoms with Crippen LogP contribution in [-0.2, 0) is 19.1 Å². The smallest absolute Gasteiger partial charge is 0.306 e. The molecule has 2 fully saturated rings. The Labute approximate surface area is 238 Å². The zero-order valence-electron chi connectivity index (χ0n) is 25.1. The molecule has 0 amide bonds. The third-order valence-corrected chi connectivity index (χ3v) is 10.8. The molecule has 0 aromatic carbocycles. The maximum absolute atomic E-state index is 13.1. The van der Waals surface area contributed by atoms with E-state index in [4.69, 9.17) is 9.47 Å². The molecular weight excluding hydrogens is 512 g/mol. The minimum absolute atomic E-state index is 0.170. The normalized spacial score (nSPS) is 41.0. The third-order valence-electron chi connectivity index (χ3n) is 10.8.